The van der Waals surface area contributed by atoms with Gasteiger partial charge < -0.3 is 19.1 Å². The van der Waals surface area contributed by atoms with Gasteiger partial charge in [0.2, 0.25) is 0 Å². The number of nitrogens with zero attached hydrogens (tertiary/aromatic N) is 3. The molecule has 0 N–H and O–H groups in total. The Labute approximate surface area is 841 Å². The Morgan fingerprint density at radius 3 is 0.888 bits per heavy atom. The lowest BCUT2D eigenvalue weighted by Gasteiger charge is -2.61. The van der Waals surface area contributed by atoms with Crippen molar-refractivity contribution in [3.05, 3.63) is 452 Å². The number of hydrogen-bond donors (Lipinski definition) is 0. The van der Waals surface area contributed by atoms with Crippen LogP contribution in [0, 0.1) is 71.0 Å². The largest absolute Gasteiger partial charge is 0.456 e. The molecular weight excluding hydrogens is 1750 g/mol. The molecule has 5 heteroatoms. The van der Waals surface area contributed by atoms with Gasteiger partial charge in [0.15, 0.2) is 0 Å². The van der Waals surface area contributed by atoms with Crippen LogP contribution in [0.2, 0.25) is 0 Å². The molecule has 0 unspecified atom stereocenters. The van der Waals surface area contributed by atoms with Crippen LogP contribution in [0.5, 0.6) is 0 Å². The number of fused-ring (bicyclic) bond motifs is 18. The van der Waals surface area contributed by atoms with Crippen LogP contribution in [-0.4, -0.2) is 0 Å². The minimum Gasteiger partial charge on any atom is -0.456 e. The summed E-state index contributed by atoms with van der Waals surface area (Å²) in [6.07, 6.45) is 21.4. The van der Waals surface area contributed by atoms with Crippen LogP contribution in [0.4, 0.5) is 51.2 Å². The molecule has 12 saturated carbocycles. The molecule has 0 saturated heterocycles. The minimum atomic E-state index is 0.181. The van der Waals surface area contributed by atoms with Gasteiger partial charge in [0, 0.05) is 98.4 Å². The number of rotatable bonds is 11. The van der Waals surface area contributed by atoms with E-state index in [1.807, 2.05) is 17.4 Å². The van der Waals surface area contributed by atoms with Gasteiger partial charge >= 0.3 is 0 Å². The molecule has 15 aliphatic rings. The smallest absolute Gasteiger partial charge is 0.135 e. The zero-order chi connectivity index (χ0) is 93.5. The van der Waals surface area contributed by atoms with Crippen LogP contribution >= 0.6 is 11.3 Å². The maximum atomic E-state index is 6.25. The Hall–Kier alpha value is -14.6. The van der Waals surface area contributed by atoms with Crippen molar-refractivity contribution in [3.63, 3.8) is 0 Å². The highest BCUT2D eigenvalue weighted by Crippen LogP contribution is 2.74. The molecule has 0 atom stereocenters. The van der Waals surface area contributed by atoms with E-state index in [2.05, 4.69) is 427 Å². The molecule has 3 spiro atoms. The Bertz CT molecular complexity index is 8330. The summed E-state index contributed by atoms with van der Waals surface area (Å²) < 4.78 is 8.94. The predicted octanol–water partition coefficient (Wildman–Crippen LogP) is 37.7. The number of anilines is 9. The lowest BCUT2D eigenvalue weighted by atomic mass is 9.43. The summed E-state index contributed by atoms with van der Waals surface area (Å²) in [5.41, 5.74) is 36.5. The molecule has 12 fully saturated rings. The van der Waals surface area contributed by atoms with E-state index in [9.17, 15) is 0 Å². The maximum absolute atomic E-state index is 6.25. The average Bonchev–Trinajstić information content (AvgIpc) is 1.54. The first kappa shape index (κ1) is 83.0. The van der Waals surface area contributed by atoms with Gasteiger partial charge in [-0.1, -0.05) is 285 Å². The van der Waals surface area contributed by atoms with Gasteiger partial charge in [0.25, 0.3) is 0 Å². The predicted molar refractivity (Wildman–Crippen MR) is 597 cm³/mol. The van der Waals surface area contributed by atoms with Gasteiger partial charge in [-0.15, -0.1) is 11.3 Å². The molecule has 4 nitrogen and oxygen atoms in total. The molecule has 21 aromatic rings. The Morgan fingerprint density at radius 2 is 0.462 bits per heavy atom. The van der Waals surface area contributed by atoms with E-state index in [0.29, 0.717) is 0 Å². The van der Waals surface area contributed by atoms with Gasteiger partial charge in [-0.05, 0) is 422 Å². The highest BCUT2D eigenvalue weighted by Gasteiger charge is 2.65. The van der Waals surface area contributed by atoms with E-state index in [-0.39, 0.29) is 16.2 Å². The van der Waals surface area contributed by atoms with E-state index in [1.165, 1.54) is 250 Å². The molecule has 2 heterocycles. The van der Waals surface area contributed by atoms with Crippen molar-refractivity contribution in [3.8, 4) is 55.6 Å². The van der Waals surface area contributed by atoms with Crippen molar-refractivity contribution in [2.24, 2.45) is 71.0 Å². The second-order valence-corrected chi connectivity index (χ2v) is 46.1. The fourth-order valence-corrected chi connectivity index (χ4v) is 34.2. The Morgan fingerprint density at radius 1 is 0.182 bits per heavy atom. The van der Waals surface area contributed by atoms with Crippen LogP contribution in [0.1, 0.15) is 130 Å². The van der Waals surface area contributed by atoms with Crippen molar-refractivity contribution in [2.75, 3.05) is 14.7 Å². The Kier molecular flexibility index (Phi) is 18.7. The van der Waals surface area contributed by atoms with Crippen LogP contribution < -0.4 is 14.7 Å². The molecule has 143 heavy (non-hydrogen) atoms. The van der Waals surface area contributed by atoms with Crippen LogP contribution in [-0.2, 0) is 16.2 Å². The minimum absolute atomic E-state index is 0.181. The topological polar surface area (TPSA) is 22.9 Å². The summed E-state index contributed by atoms with van der Waals surface area (Å²) in [4.78, 5) is 7.43. The van der Waals surface area contributed by atoms with Gasteiger partial charge in [-0.3, -0.25) is 0 Å². The molecule has 690 valence electrons. The summed E-state index contributed by atoms with van der Waals surface area (Å²) in [5, 5.41) is 12.6. The number of para-hydroxylation sites is 1. The second-order valence-electron chi connectivity index (χ2n) is 45.0. The van der Waals surface area contributed by atoms with E-state index in [0.717, 1.165) is 98.6 Å². The number of thiophene rings is 1. The first-order valence-electron chi connectivity index (χ1n) is 53.4. The second kappa shape index (κ2) is 32.2. The fourth-order valence-electron chi connectivity index (χ4n) is 33.1. The normalized spacial score (nSPS) is 24.9. The van der Waals surface area contributed by atoms with Crippen molar-refractivity contribution in [2.45, 2.75) is 113 Å². The quantitative estimate of drug-likeness (QED) is 0.129. The highest BCUT2D eigenvalue weighted by atomic mass is 32.1. The standard InChI is InChI=1S/C50H41N.C44H35NO.C44H35NS/c1-2-8-35(9-3-1)37-14-16-38(17-15-37)39-18-21-43(22-19-39)51(44-23-20-36-10-4-5-11-40(36)31-44)45-24-25-49-47(32-45)46-12-6-7-13-48(46)50(49)41-27-33-26-34(29-41)30-42(50)28-33;2*1-2-8-30-24-33(14-13-29(30)7-1)45(35-16-18-43-39(26-35)37-10-4-6-12-42(37)46-43)34-15-17-41-38(25-34)36-9-3-5-11-40(36)44(41)31-20-27-19-28(22-31)23-32(44)21-27/h1-25,31-34,41-42H,26-30H2;2*1-18,24-28,31-32H,19-23H2. The Balaban J connectivity index is 0.0000000983. The van der Waals surface area contributed by atoms with Crippen molar-refractivity contribution >= 4 is 137 Å². The first-order valence-corrected chi connectivity index (χ1v) is 54.2. The fraction of sp³-hybridized carbons (Fsp3) is 0.217. The number of benzene rings is 19. The van der Waals surface area contributed by atoms with E-state index < -0.39 is 0 Å². The van der Waals surface area contributed by atoms with Crippen molar-refractivity contribution < 1.29 is 4.42 Å². The SMILES string of the molecule is c1ccc(-c2ccc(-c3ccc(N(c4ccc5c(c4)-c4ccccc4C54C5CC6CC(C5)CC4C6)c4ccc5ccccc5c4)cc3)cc2)cc1.c1ccc2c(c1)-c1cc(N(c3ccc4ccccc4c3)c3ccc4oc5ccccc5c4c3)ccc1C21C2CC3CC(C2)CC1C3.c1ccc2c(c1)-c1cc(N(c3ccc4ccccc4c3)c3ccc4sc5ccccc5c4c3)ccc1C21C2CC3CC(C2)CC1C3. The van der Waals surface area contributed by atoms with Gasteiger partial charge in [-0.2, -0.15) is 0 Å². The van der Waals surface area contributed by atoms with Crippen LogP contribution in [0.15, 0.2) is 423 Å². The molecular formula is C138H111N3OS. The summed E-state index contributed by atoms with van der Waals surface area (Å²) in [6.45, 7) is 0. The zero-order valence-corrected chi connectivity index (χ0v) is 81.3. The number of hydrogen-bond acceptors (Lipinski definition) is 5. The molecule has 0 radical (unpaired) electrons. The first-order chi connectivity index (χ1) is 70.7. The molecule has 36 rings (SSSR count). The third-order valence-corrected chi connectivity index (χ3v) is 39.2. The monoisotopic (exact) mass is 1860 g/mol. The third-order valence-electron chi connectivity index (χ3n) is 38.0. The van der Waals surface area contributed by atoms with Crippen molar-refractivity contribution in [1.82, 2.24) is 0 Å². The van der Waals surface area contributed by atoms with Gasteiger partial charge in [-0.25, -0.2) is 0 Å². The maximum Gasteiger partial charge on any atom is 0.135 e. The third kappa shape index (κ3) is 12.7. The van der Waals surface area contributed by atoms with Crippen LogP contribution in [0.3, 0.4) is 0 Å². The molecule has 15 aliphatic carbocycles. The summed E-state index contributed by atoms with van der Waals surface area (Å²) in [5.74, 6) is 10.3. The van der Waals surface area contributed by atoms with Gasteiger partial charge in [0.05, 0.1) is 0 Å². The van der Waals surface area contributed by atoms with E-state index in [4.69, 9.17) is 4.42 Å². The van der Waals surface area contributed by atoms with Crippen molar-refractivity contribution in [1.29, 1.82) is 0 Å². The molecule has 0 amide bonds. The van der Waals surface area contributed by atoms with E-state index >= 15 is 0 Å². The molecule has 2 aromatic heterocycles. The number of furan rings is 1. The zero-order valence-electron chi connectivity index (χ0n) is 80.5. The van der Waals surface area contributed by atoms with Crippen LogP contribution in [0.25, 0.3) is 130 Å². The lowest BCUT2D eigenvalue weighted by molar-refractivity contribution is -0.0399. The van der Waals surface area contributed by atoms with E-state index in [1.54, 1.807) is 33.4 Å². The highest BCUT2D eigenvalue weighted by molar-refractivity contribution is 7.25. The molecule has 12 bridgehead atoms. The van der Waals surface area contributed by atoms with Gasteiger partial charge in [0.1, 0.15) is 11.2 Å². The lowest BCUT2D eigenvalue weighted by Crippen LogP contribution is -2.55. The molecule has 0 aliphatic heterocycles. The molecule has 19 aromatic carbocycles. The average molecular weight is 1860 g/mol. The summed E-state index contributed by atoms with van der Waals surface area (Å²) in [6, 6.07) is 157. The summed E-state index contributed by atoms with van der Waals surface area (Å²) >= 11 is 1.89. The summed E-state index contributed by atoms with van der Waals surface area (Å²) in [7, 11) is 0.